The van der Waals surface area contributed by atoms with Gasteiger partial charge in [-0.25, -0.2) is 17.8 Å². The number of aromatic amines is 1. The van der Waals surface area contributed by atoms with Gasteiger partial charge in [0.2, 0.25) is 0 Å². The maximum atomic E-state index is 12.4. The molecule has 0 aliphatic rings. The van der Waals surface area contributed by atoms with E-state index in [0.29, 0.717) is 17.9 Å². The number of aryl methyl sites for hydroxylation is 2. The minimum atomic E-state index is -3.77. The summed E-state index contributed by atoms with van der Waals surface area (Å²) in [7, 11) is -3.77. The second kappa shape index (κ2) is 5.84. The van der Waals surface area contributed by atoms with E-state index in [-0.39, 0.29) is 10.8 Å². The largest absolute Gasteiger partial charge is 0.281 e. The van der Waals surface area contributed by atoms with Gasteiger partial charge in [0.25, 0.3) is 16.0 Å². The maximum Gasteiger partial charge on any atom is 0.267 e. The minimum absolute atomic E-state index is 0.0286. The van der Waals surface area contributed by atoms with Crippen molar-refractivity contribution in [3.63, 3.8) is 0 Å². The molecule has 9 heteroatoms. The third-order valence-electron chi connectivity index (χ3n) is 3.28. The van der Waals surface area contributed by atoms with E-state index in [1.807, 2.05) is 30.3 Å². The lowest BCUT2D eigenvalue weighted by molar-refractivity contribution is 0.599. The van der Waals surface area contributed by atoms with Crippen LogP contribution >= 0.6 is 0 Å². The molecule has 8 nitrogen and oxygen atoms in total. The van der Waals surface area contributed by atoms with Gasteiger partial charge in [-0.15, -0.1) is 5.10 Å². The highest BCUT2D eigenvalue weighted by atomic mass is 32.2. The van der Waals surface area contributed by atoms with E-state index in [1.54, 1.807) is 18.5 Å². The smallest absolute Gasteiger partial charge is 0.267 e. The molecule has 0 unspecified atom stereocenters. The van der Waals surface area contributed by atoms with Gasteiger partial charge in [0, 0.05) is 0 Å². The summed E-state index contributed by atoms with van der Waals surface area (Å²) in [5.41, 5.74) is 1.92. The van der Waals surface area contributed by atoms with Gasteiger partial charge >= 0.3 is 0 Å². The molecule has 0 aliphatic heterocycles. The summed E-state index contributed by atoms with van der Waals surface area (Å²) in [6, 6.07) is 9.72. The van der Waals surface area contributed by atoms with E-state index >= 15 is 0 Å². The monoisotopic (exact) mass is 332 g/mol. The number of aromatic nitrogens is 5. The van der Waals surface area contributed by atoms with E-state index in [1.165, 1.54) is 6.33 Å². The second-order valence-corrected chi connectivity index (χ2v) is 6.74. The molecular formula is C14H16N6O2S. The Morgan fingerprint density at radius 1 is 1.22 bits per heavy atom. The van der Waals surface area contributed by atoms with Crippen LogP contribution in [0.15, 0.2) is 41.6 Å². The van der Waals surface area contributed by atoms with E-state index < -0.39 is 10.0 Å². The third kappa shape index (κ3) is 3.24. The third-order valence-corrected chi connectivity index (χ3v) is 4.87. The Hall–Kier alpha value is -2.68. The number of H-pyrrole nitrogens is 1. The highest BCUT2D eigenvalue weighted by molar-refractivity contribution is 7.92. The molecule has 0 radical (unpaired) electrons. The molecule has 1 aromatic carbocycles. The Kier molecular flexibility index (Phi) is 3.87. The van der Waals surface area contributed by atoms with Gasteiger partial charge in [0.05, 0.1) is 17.9 Å². The molecule has 3 rings (SSSR count). The SMILES string of the molecule is Cc1n[nH]c(C)c1S(=O)(=O)Nc1ncn(Cc2ccccc2)n1. The normalized spacial score (nSPS) is 11.6. The molecule has 3 aromatic rings. The molecule has 0 fully saturated rings. The molecular weight excluding hydrogens is 316 g/mol. The average Bonchev–Trinajstić information content (AvgIpc) is 3.06. The molecule has 2 aromatic heterocycles. The summed E-state index contributed by atoms with van der Waals surface area (Å²) < 4.78 is 28.8. The van der Waals surface area contributed by atoms with Crippen LogP contribution in [0.25, 0.3) is 0 Å². The van der Waals surface area contributed by atoms with Crippen LogP contribution in [0.2, 0.25) is 0 Å². The van der Waals surface area contributed by atoms with Gasteiger partial charge in [-0.05, 0) is 19.4 Å². The lowest BCUT2D eigenvalue weighted by Gasteiger charge is -2.04. The van der Waals surface area contributed by atoms with Crippen molar-refractivity contribution in [3.8, 4) is 0 Å². The van der Waals surface area contributed by atoms with Crippen molar-refractivity contribution in [2.24, 2.45) is 0 Å². The van der Waals surface area contributed by atoms with Crippen molar-refractivity contribution in [2.45, 2.75) is 25.3 Å². The molecule has 0 saturated carbocycles. The van der Waals surface area contributed by atoms with E-state index in [9.17, 15) is 8.42 Å². The number of anilines is 1. The molecule has 0 saturated heterocycles. The molecule has 120 valence electrons. The highest BCUT2D eigenvalue weighted by Gasteiger charge is 2.23. The van der Waals surface area contributed by atoms with Crippen molar-refractivity contribution < 1.29 is 8.42 Å². The van der Waals surface area contributed by atoms with Crippen LogP contribution in [0.5, 0.6) is 0 Å². The van der Waals surface area contributed by atoms with Crippen LogP contribution in [0.4, 0.5) is 5.95 Å². The summed E-state index contributed by atoms with van der Waals surface area (Å²) >= 11 is 0. The molecule has 23 heavy (non-hydrogen) atoms. The topological polar surface area (TPSA) is 106 Å². The zero-order chi connectivity index (χ0) is 16.4. The van der Waals surface area contributed by atoms with Gasteiger partial charge in [0.15, 0.2) is 0 Å². The number of nitrogens with zero attached hydrogens (tertiary/aromatic N) is 4. The number of hydrogen-bond acceptors (Lipinski definition) is 5. The molecule has 2 heterocycles. The molecule has 2 N–H and O–H groups in total. The van der Waals surface area contributed by atoms with E-state index in [2.05, 4.69) is 25.0 Å². The number of sulfonamides is 1. The summed E-state index contributed by atoms with van der Waals surface area (Å²) in [6.45, 7) is 3.79. The Balaban J connectivity index is 1.79. The summed E-state index contributed by atoms with van der Waals surface area (Å²) in [6.07, 6.45) is 1.49. The van der Waals surface area contributed by atoms with Crippen molar-refractivity contribution in [1.29, 1.82) is 0 Å². The molecule has 0 aliphatic carbocycles. The van der Waals surface area contributed by atoms with Gasteiger partial charge in [-0.1, -0.05) is 30.3 Å². The molecule has 0 amide bonds. The zero-order valence-electron chi connectivity index (χ0n) is 12.7. The lowest BCUT2D eigenvalue weighted by Crippen LogP contribution is -2.16. The fourth-order valence-corrected chi connectivity index (χ4v) is 3.62. The quantitative estimate of drug-likeness (QED) is 0.736. The van der Waals surface area contributed by atoms with E-state index in [4.69, 9.17) is 0 Å². The van der Waals surface area contributed by atoms with Crippen molar-refractivity contribution >= 4 is 16.0 Å². The Morgan fingerprint density at radius 2 is 1.96 bits per heavy atom. The van der Waals surface area contributed by atoms with Crippen LogP contribution in [0, 0.1) is 13.8 Å². The summed E-state index contributed by atoms with van der Waals surface area (Å²) in [5.74, 6) is 0.0286. The first kappa shape index (κ1) is 15.2. The first-order valence-corrected chi connectivity index (χ1v) is 8.42. The predicted molar refractivity (Wildman–Crippen MR) is 84.4 cm³/mol. The zero-order valence-corrected chi connectivity index (χ0v) is 13.5. The van der Waals surface area contributed by atoms with Crippen LogP contribution in [0.3, 0.4) is 0 Å². The van der Waals surface area contributed by atoms with Crippen LogP contribution < -0.4 is 4.72 Å². The van der Waals surface area contributed by atoms with Crippen molar-refractivity contribution in [2.75, 3.05) is 4.72 Å². The van der Waals surface area contributed by atoms with Crippen molar-refractivity contribution in [1.82, 2.24) is 25.0 Å². The van der Waals surface area contributed by atoms with Gasteiger partial charge in [-0.2, -0.15) is 10.1 Å². The Bertz CT molecular complexity index is 894. The van der Waals surface area contributed by atoms with Gasteiger partial charge in [-0.3, -0.25) is 5.10 Å². The lowest BCUT2D eigenvalue weighted by atomic mass is 10.2. The van der Waals surface area contributed by atoms with Crippen molar-refractivity contribution in [3.05, 3.63) is 53.6 Å². The Labute approximate surface area is 133 Å². The summed E-state index contributed by atoms with van der Waals surface area (Å²) in [5, 5.41) is 10.7. The van der Waals surface area contributed by atoms with Crippen LogP contribution in [-0.2, 0) is 16.6 Å². The second-order valence-electron chi connectivity index (χ2n) is 5.12. The fourth-order valence-electron chi connectivity index (χ4n) is 2.30. The van der Waals surface area contributed by atoms with Crippen LogP contribution in [-0.4, -0.2) is 33.4 Å². The minimum Gasteiger partial charge on any atom is -0.281 e. The Morgan fingerprint density at radius 3 is 2.61 bits per heavy atom. The number of benzene rings is 1. The van der Waals surface area contributed by atoms with Gasteiger partial charge in [0.1, 0.15) is 11.2 Å². The van der Waals surface area contributed by atoms with Crippen LogP contribution in [0.1, 0.15) is 17.0 Å². The first-order valence-electron chi connectivity index (χ1n) is 6.93. The average molecular weight is 332 g/mol. The molecule has 0 bridgehead atoms. The number of hydrogen-bond donors (Lipinski definition) is 2. The number of rotatable bonds is 5. The molecule has 0 atom stereocenters. The molecule has 0 spiro atoms. The van der Waals surface area contributed by atoms with Gasteiger partial charge < -0.3 is 0 Å². The fraction of sp³-hybridized carbons (Fsp3) is 0.214. The number of nitrogens with one attached hydrogen (secondary N) is 2. The standard InChI is InChI=1S/C14H16N6O2S/c1-10-13(11(2)17-16-10)23(21,22)19-14-15-9-20(18-14)8-12-6-4-3-5-7-12/h3-7,9H,8H2,1-2H3,(H,16,17)(H,18,19). The summed E-state index contributed by atoms with van der Waals surface area (Å²) in [4.78, 5) is 4.12. The predicted octanol–water partition coefficient (Wildman–Crippen LogP) is 1.47. The first-order chi connectivity index (χ1) is 11.0. The highest BCUT2D eigenvalue weighted by Crippen LogP contribution is 2.19. The van der Waals surface area contributed by atoms with E-state index in [0.717, 1.165) is 5.56 Å². The maximum absolute atomic E-state index is 12.4.